The van der Waals surface area contributed by atoms with Crippen molar-refractivity contribution in [1.82, 2.24) is 4.90 Å². The van der Waals surface area contributed by atoms with Crippen molar-refractivity contribution >= 4 is 46.7 Å². The van der Waals surface area contributed by atoms with Crippen molar-refractivity contribution in [3.8, 4) is 0 Å². The van der Waals surface area contributed by atoms with Crippen molar-refractivity contribution in [1.29, 1.82) is 0 Å². The number of halogens is 2. The number of hydrogen-bond donors (Lipinski definition) is 1. The van der Waals surface area contributed by atoms with E-state index in [0.717, 1.165) is 19.3 Å². The van der Waals surface area contributed by atoms with Crippen LogP contribution in [-0.2, 0) is 19.1 Å². The minimum atomic E-state index is -0.613. The van der Waals surface area contributed by atoms with Crippen molar-refractivity contribution < 1.29 is 19.1 Å². The second-order valence-electron chi connectivity index (χ2n) is 5.44. The van der Waals surface area contributed by atoms with Crippen LogP contribution < -0.4 is 5.32 Å². The SMILES string of the molecule is O=C(COC(=O)CN1CCCCCC1=O)Nc1cccc(Cl)c1Cl. The maximum Gasteiger partial charge on any atom is 0.326 e. The van der Waals surface area contributed by atoms with Crippen LogP contribution in [0.25, 0.3) is 0 Å². The normalized spacial score (nSPS) is 14.9. The van der Waals surface area contributed by atoms with Gasteiger partial charge in [0, 0.05) is 13.0 Å². The molecule has 24 heavy (non-hydrogen) atoms. The fraction of sp³-hybridized carbons (Fsp3) is 0.438. The lowest BCUT2D eigenvalue weighted by Crippen LogP contribution is -2.36. The Morgan fingerprint density at radius 1 is 1.21 bits per heavy atom. The van der Waals surface area contributed by atoms with Crippen molar-refractivity contribution in [3.05, 3.63) is 28.2 Å². The molecule has 8 heteroatoms. The van der Waals surface area contributed by atoms with E-state index in [9.17, 15) is 14.4 Å². The van der Waals surface area contributed by atoms with Gasteiger partial charge in [-0.05, 0) is 25.0 Å². The predicted molar refractivity (Wildman–Crippen MR) is 91.1 cm³/mol. The lowest BCUT2D eigenvalue weighted by molar-refractivity contribution is -0.151. The van der Waals surface area contributed by atoms with Gasteiger partial charge in [-0.3, -0.25) is 14.4 Å². The number of nitrogens with zero attached hydrogens (tertiary/aromatic N) is 1. The van der Waals surface area contributed by atoms with Crippen molar-refractivity contribution in [2.24, 2.45) is 0 Å². The first kappa shape index (κ1) is 18.5. The molecule has 1 saturated heterocycles. The van der Waals surface area contributed by atoms with Gasteiger partial charge in [0.2, 0.25) is 5.91 Å². The fourth-order valence-corrected chi connectivity index (χ4v) is 2.69. The lowest BCUT2D eigenvalue weighted by atomic mass is 10.2. The van der Waals surface area contributed by atoms with Crippen LogP contribution in [0.4, 0.5) is 5.69 Å². The average molecular weight is 373 g/mol. The number of benzene rings is 1. The quantitative estimate of drug-likeness (QED) is 0.806. The number of ether oxygens (including phenoxy) is 1. The number of nitrogens with one attached hydrogen (secondary N) is 1. The average Bonchev–Trinajstić information content (AvgIpc) is 2.75. The Labute approximate surface area is 150 Å². The second kappa shape index (κ2) is 8.89. The molecule has 1 fully saturated rings. The molecule has 1 aliphatic heterocycles. The number of rotatable bonds is 5. The summed E-state index contributed by atoms with van der Waals surface area (Å²) >= 11 is 11.8. The van der Waals surface area contributed by atoms with Crippen LogP contribution in [0.1, 0.15) is 25.7 Å². The molecule has 1 N–H and O–H groups in total. The van der Waals surface area contributed by atoms with Crippen LogP contribution in [0, 0.1) is 0 Å². The largest absolute Gasteiger partial charge is 0.454 e. The highest BCUT2D eigenvalue weighted by Crippen LogP contribution is 2.29. The number of esters is 1. The van der Waals surface area contributed by atoms with E-state index in [4.69, 9.17) is 27.9 Å². The third kappa shape index (κ3) is 5.39. The first-order valence-corrected chi connectivity index (χ1v) is 8.40. The highest BCUT2D eigenvalue weighted by molar-refractivity contribution is 6.44. The van der Waals surface area contributed by atoms with E-state index < -0.39 is 18.5 Å². The molecule has 6 nitrogen and oxygen atoms in total. The fourth-order valence-electron chi connectivity index (χ4n) is 2.34. The Morgan fingerprint density at radius 3 is 2.79 bits per heavy atom. The molecule has 0 saturated carbocycles. The Kier molecular flexibility index (Phi) is 6.87. The van der Waals surface area contributed by atoms with E-state index in [2.05, 4.69) is 5.32 Å². The first-order valence-electron chi connectivity index (χ1n) is 7.64. The molecule has 1 aromatic carbocycles. The van der Waals surface area contributed by atoms with Crippen LogP contribution in [0.5, 0.6) is 0 Å². The third-order valence-electron chi connectivity index (χ3n) is 3.58. The van der Waals surface area contributed by atoms with Gasteiger partial charge in [0.25, 0.3) is 5.91 Å². The van der Waals surface area contributed by atoms with E-state index in [1.807, 2.05) is 0 Å². The standard InChI is InChI=1S/C16H18Cl2N2O4/c17-11-5-4-6-12(16(11)18)19-13(21)10-24-15(23)9-20-8-3-1-2-7-14(20)22/h4-6H,1-3,7-10H2,(H,19,21). The van der Waals surface area contributed by atoms with Gasteiger partial charge < -0.3 is 15.0 Å². The molecule has 0 aliphatic carbocycles. The maximum absolute atomic E-state index is 11.8. The highest BCUT2D eigenvalue weighted by atomic mass is 35.5. The Morgan fingerprint density at radius 2 is 2.00 bits per heavy atom. The summed E-state index contributed by atoms with van der Waals surface area (Å²) in [5.41, 5.74) is 0.341. The number of amides is 2. The summed E-state index contributed by atoms with van der Waals surface area (Å²) < 4.78 is 4.92. The summed E-state index contributed by atoms with van der Waals surface area (Å²) in [5.74, 6) is -1.20. The smallest absolute Gasteiger partial charge is 0.326 e. The van der Waals surface area contributed by atoms with Crippen LogP contribution in [0.2, 0.25) is 10.0 Å². The molecule has 0 spiro atoms. The number of likely N-dealkylation sites (tertiary alicyclic amines) is 1. The molecule has 1 aliphatic rings. The molecule has 1 heterocycles. The monoisotopic (exact) mass is 372 g/mol. The van der Waals surface area contributed by atoms with Crippen molar-refractivity contribution in [3.63, 3.8) is 0 Å². The molecule has 0 unspecified atom stereocenters. The van der Waals surface area contributed by atoms with Gasteiger partial charge in [0.05, 0.1) is 15.7 Å². The van der Waals surface area contributed by atoms with E-state index in [1.54, 1.807) is 18.2 Å². The van der Waals surface area contributed by atoms with Crippen LogP contribution >= 0.6 is 23.2 Å². The maximum atomic E-state index is 11.8. The topological polar surface area (TPSA) is 75.7 Å². The van der Waals surface area contributed by atoms with Gasteiger partial charge in [0.1, 0.15) is 6.54 Å². The van der Waals surface area contributed by atoms with Gasteiger partial charge >= 0.3 is 5.97 Å². The van der Waals surface area contributed by atoms with Crippen LogP contribution in [0.3, 0.4) is 0 Å². The van der Waals surface area contributed by atoms with Gasteiger partial charge in [-0.2, -0.15) is 0 Å². The zero-order valence-corrected chi connectivity index (χ0v) is 14.5. The molecular weight excluding hydrogens is 355 g/mol. The number of hydrogen-bond acceptors (Lipinski definition) is 4. The Hall–Kier alpha value is -1.79. The van der Waals surface area contributed by atoms with Gasteiger partial charge in [-0.25, -0.2) is 0 Å². The summed E-state index contributed by atoms with van der Waals surface area (Å²) in [7, 11) is 0. The Balaban J connectivity index is 1.79. The minimum absolute atomic E-state index is 0.0559. The third-order valence-corrected chi connectivity index (χ3v) is 4.40. The summed E-state index contributed by atoms with van der Waals surface area (Å²) in [6.07, 6.45) is 3.13. The molecule has 0 atom stereocenters. The molecule has 0 bridgehead atoms. The zero-order valence-electron chi connectivity index (χ0n) is 13.0. The van der Waals surface area contributed by atoms with Crippen molar-refractivity contribution in [2.45, 2.75) is 25.7 Å². The van der Waals surface area contributed by atoms with Crippen LogP contribution in [-0.4, -0.2) is 42.4 Å². The van der Waals surface area contributed by atoms with Gasteiger partial charge in [0.15, 0.2) is 6.61 Å². The predicted octanol–water partition coefficient (Wildman–Crippen LogP) is 2.88. The van der Waals surface area contributed by atoms with E-state index >= 15 is 0 Å². The summed E-state index contributed by atoms with van der Waals surface area (Å²) in [6, 6.07) is 4.82. The number of anilines is 1. The van der Waals surface area contributed by atoms with Crippen LogP contribution in [0.15, 0.2) is 18.2 Å². The van der Waals surface area contributed by atoms with Gasteiger partial charge in [-0.1, -0.05) is 35.7 Å². The van der Waals surface area contributed by atoms with E-state index in [1.165, 1.54) is 4.90 Å². The van der Waals surface area contributed by atoms with E-state index in [-0.39, 0.29) is 17.5 Å². The lowest BCUT2D eigenvalue weighted by Gasteiger charge is -2.19. The number of carbonyl (C=O) groups excluding carboxylic acids is 3. The first-order chi connectivity index (χ1) is 11.5. The highest BCUT2D eigenvalue weighted by Gasteiger charge is 2.20. The summed E-state index contributed by atoms with van der Waals surface area (Å²) in [4.78, 5) is 36.9. The molecule has 2 amide bonds. The summed E-state index contributed by atoms with van der Waals surface area (Å²) in [6.45, 7) is -0.0496. The minimum Gasteiger partial charge on any atom is -0.454 e. The van der Waals surface area contributed by atoms with Crippen molar-refractivity contribution in [2.75, 3.05) is 25.0 Å². The molecule has 2 rings (SSSR count). The molecule has 0 aromatic heterocycles. The number of carbonyl (C=O) groups is 3. The molecule has 1 aromatic rings. The molecular formula is C16H18Cl2N2O4. The Bertz CT molecular complexity index is 637. The van der Waals surface area contributed by atoms with Gasteiger partial charge in [-0.15, -0.1) is 0 Å². The molecule has 130 valence electrons. The second-order valence-corrected chi connectivity index (χ2v) is 6.22. The molecule has 0 radical (unpaired) electrons. The summed E-state index contributed by atoms with van der Waals surface area (Å²) in [5, 5.41) is 3.04. The zero-order chi connectivity index (χ0) is 17.5. The van der Waals surface area contributed by atoms with E-state index in [0.29, 0.717) is 23.7 Å².